The minimum absolute atomic E-state index is 0.272. The van der Waals surface area contributed by atoms with Crippen LogP contribution in [0.3, 0.4) is 0 Å². The highest BCUT2D eigenvalue weighted by Gasteiger charge is 2.15. The molecule has 1 saturated heterocycles. The number of nitrogens with zero attached hydrogens (tertiary/aromatic N) is 2. The van der Waals surface area contributed by atoms with E-state index in [0.717, 1.165) is 38.3 Å². The predicted molar refractivity (Wildman–Crippen MR) is 89.5 cm³/mol. The summed E-state index contributed by atoms with van der Waals surface area (Å²) >= 11 is 12.3. The lowest BCUT2D eigenvalue weighted by Crippen LogP contribution is -2.22. The van der Waals surface area contributed by atoms with Crippen molar-refractivity contribution in [3.05, 3.63) is 40.6 Å². The number of hydrogen-bond donors (Lipinski definition) is 1. The van der Waals surface area contributed by atoms with E-state index in [0.29, 0.717) is 22.1 Å². The Hall–Kier alpha value is -1.43. The molecule has 0 aromatic carbocycles. The second-order valence-corrected chi connectivity index (χ2v) is 6.25. The molecule has 0 aliphatic carbocycles. The lowest BCUT2D eigenvalue weighted by molar-refractivity contribution is 0.0699. The van der Waals surface area contributed by atoms with Crippen molar-refractivity contribution in [2.45, 2.75) is 12.8 Å². The van der Waals surface area contributed by atoms with Crippen LogP contribution in [0.5, 0.6) is 0 Å². The van der Waals surface area contributed by atoms with E-state index in [-0.39, 0.29) is 5.15 Å². The van der Waals surface area contributed by atoms with Gasteiger partial charge in [0.1, 0.15) is 5.15 Å². The number of aromatic nitrogens is 2. The molecular weight excluding hydrogens is 340 g/mol. The summed E-state index contributed by atoms with van der Waals surface area (Å²) in [7, 11) is 0. The van der Waals surface area contributed by atoms with Gasteiger partial charge in [0.15, 0.2) is 0 Å². The predicted octanol–water partition coefficient (Wildman–Crippen LogP) is 4.43. The SMILES string of the molecule is Fc1cc(-c2cc(NCC3CCOCC3)cnc2Cl)c(Cl)cn1. The van der Waals surface area contributed by atoms with Gasteiger partial charge < -0.3 is 10.1 Å². The van der Waals surface area contributed by atoms with E-state index in [9.17, 15) is 4.39 Å². The van der Waals surface area contributed by atoms with Crippen LogP contribution in [0, 0.1) is 11.9 Å². The lowest BCUT2D eigenvalue weighted by atomic mass is 10.0. The molecule has 1 aliphatic rings. The molecule has 4 nitrogen and oxygen atoms in total. The maximum absolute atomic E-state index is 13.4. The van der Waals surface area contributed by atoms with E-state index < -0.39 is 5.95 Å². The van der Waals surface area contributed by atoms with Crippen LogP contribution in [0.25, 0.3) is 11.1 Å². The monoisotopic (exact) mass is 355 g/mol. The van der Waals surface area contributed by atoms with E-state index in [2.05, 4.69) is 15.3 Å². The van der Waals surface area contributed by atoms with E-state index in [1.165, 1.54) is 12.3 Å². The first-order chi connectivity index (χ1) is 11.1. The van der Waals surface area contributed by atoms with Crippen molar-refractivity contribution in [1.82, 2.24) is 9.97 Å². The number of halogens is 3. The van der Waals surface area contributed by atoms with Crippen LogP contribution in [-0.4, -0.2) is 29.7 Å². The fraction of sp³-hybridized carbons (Fsp3) is 0.375. The topological polar surface area (TPSA) is 47.0 Å². The zero-order valence-electron chi connectivity index (χ0n) is 12.4. The molecule has 3 heterocycles. The molecule has 2 aromatic heterocycles. The Kier molecular flexibility index (Phi) is 5.30. The summed E-state index contributed by atoms with van der Waals surface area (Å²) in [6.45, 7) is 2.45. The number of nitrogens with one attached hydrogen (secondary N) is 1. The van der Waals surface area contributed by atoms with Crippen LogP contribution in [0.2, 0.25) is 10.2 Å². The summed E-state index contributed by atoms with van der Waals surface area (Å²) in [5, 5.41) is 3.96. The van der Waals surface area contributed by atoms with Crippen molar-refractivity contribution >= 4 is 28.9 Å². The highest BCUT2D eigenvalue weighted by molar-refractivity contribution is 6.35. The summed E-state index contributed by atoms with van der Waals surface area (Å²) in [6.07, 6.45) is 5.02. The summed E-state index contributed by atoms with van der Waals surface area (Å²) < 4.78 is 18.8. The Balaban J connectivity index is 1.80. The summed E-state index contributed by atoms with van der Waals surface area (Å²) in [6, 6.07) is 3.09. The van der Waals surface area contributed by atoms with Crippen LogP contribution in [-0.2, 0) is 4.74 Å². The molecule has 0 unspecified atom stereocenters. The maximum atomic E-state index is 13.4. The fourth-order valence-electron chi connectivity index (χ4n) is 2.57. The molecule has 0 bridgehead atoms. The van der Waals surface area contributed by atoms with Crippen molar-refractivity contribution in [1.29, 1.82) is 0 Å². The van der Waals surface area contributed by atoms with Crippen molar-refractivity contribution < 1.29 is 9.13 Å². The van der Waals surface area contributed by atoms with Crippen LogP contribution in [0.4, 0.5) is 10.1 Å². The van der Waals surface area contributed by atoms with Gasteiger partial charge in [-0.25, -0.2) is 9.97 Å². The van der Waals surface area contributed by atoms with Gasteiger partial charge in [0.25, 0.3) is 0 Å². The van der Waals surface area contributed by atoms with Gasteiger partial charge in [0, 0.05) is 43.1 Å². The number of pyridine rings is 2. The average molecular weight is 356 g/mol. The van der Waals surface area contributed by atoms with Crippen LogP contribution in [0.1, 0.15) is 12.8 Å². The van der Waals surface area contributed by atoms with Crippen LogP contribution < -0.4 is 5.32 Å². The quantitative estimate of drug-likeness (QED) is 0.824. The normalized spacial score (nSPS) is 15.6. The zero-order valence-corrected chi connectivity index (χ0v) is 13.9. The Labute approximate surface area is 144 Å². The zero-order chi connectivity index (χ0) is 16.2. The molecule has 1 aliphatic heterocycles. The molecule has 7 heteroatoms. The molecule has 1 N–H and O–H groups in total. The Morgan fingerprint density at radius 1 is 1.13 bits per heavy atom. The van der Waals surface area contributed by atoms with E-state index in [4.69, 9.17) is 27.9 Å². The molecule has 0 radical (unpaired) electrons. The summed E-state index contributed by atoms with van der Waals surface area (Å²) in [5.74, 6) is -0.0362. The van der Waals surface area contributed by atoms with Crippen LogP contribution >= 0.6 is 23.2 Å². The third kappa shape index (κ3) is 4.10. The average Bonchev–Trinajstić information content (AvgIpc) is 2.57. The van der Waals surface area contributed by atoms with Crippen molar-refractivity contribution in [2.75, 3.05) is 25.1 Å². The summed E-state index contributed by atoms with van der Waals surface area (Å²) in [4.78, 5) is 7.69. The first kappa shape index (κ1) is 16.4. The molecular formula is C16H16Cl2FN3O. The molecule has 1 fully saturated rings. The lowest BCUT2D eigenvalue weighted by Gasteiger charge is -2.22. The minimum Gasteiger partial charge on any atom is -0.384 e. The second-order valence-electron chi connectivity index (χ2n) is 5.49. The number of rotatable bonds is 4. The maximum Gasteiger partial charge on any atom is 0.213 e. The van der Waals surface area contributed by atoms with Crippen molar-refractivity contribution in [3.8, 4) is 11.1 Å². The molecule has 0 spiro atoms. The van der Waals surface area contributed by atoms with Gasteiger partial charge in [0.05, 0.1) is 16.9 Å². The molecule has 3 rings (SSSR count). The smallest absolute Gasteiger partial charge is 0.213 e. The van der Waals surface area contributed by atoms with E-state index in [1.807, 2.05) is 6.07 Å². The van der Waals surface area contributed by atoms with Gasteiger partial charge in [0.2, 0.25) is 5.95 Å². The van der Waals surface area contributed by atoms with E-state index >= 15 is 0 Å². The summed E-state index contributed by atoms with van der Waals surface area (Å²) in [5.41, 5.74) is 1.88. The third-order valence-electron chi connectivity index (χ3n) is 3.89. The van der Waals surface area contributed by atoms with Gasteiger partial charge in [-0.1, -0.05) is 23.2 Å². The molecule has 0 atom stereocenters. The van der Waals surface area contributed by atoms with Gasteiger partial charge in [-0.05, 0) is 24.8 Å². The molecule has 2 aromatic rings. The van der Waals surface area contributed by atoms with Gasteiger partial charge in [-0.2, -0.15) is 4.39 Å². The van der Waals surface area contributed by atoms with Gasteiger partial charge in [-0.15, -0.1) is 0 Å². The highest BCUT2D eigenvalue weighted by atomic mass is 35.5. The molecule has 122 valence electrons. The van der Waals surface area contributed by atoms with E-state index in [1.54, 1.807) is 6.20 Å². The number of hydrogen-bond acceptors (Lipinski definition) is 4. The van der Waals surface area contributed by atoms with Crippen molar-refractivity contribution in [3.63, 3.8) is 0 Å². The Morgan fingerprint density at radius 3 is 2.70 bits per heavy atom. The second kappa shape index (κ2) is 7.43. The first-order valence-electron chi connectivity index (χ1n) is 7.42. The molecule has 0 amide bonds. The molecule has 23 heavy (non-hydrogen) atoms. The fourth-order valence-corrected chi connectivity index (χ4v) is 2.98. The molecule has 0 saturated carbocycles. The first-order valence-corrected chi connectivity index (χ1v) is 8.17. The minimum atomic E-state index is -0.610. The Bertz CT molecular complexity index is 693. The van der Waals surface area contributed by atoms with Gasteiger partial charge in [-0.3, -0.25) is 0 Å². The number of ether oxygens (including phenoxy) is 1. The van der Waals surface area contributed by atoms with Crippen LogP contribution in [0.15, 0.2) is 24.5 Å². The number of anilines is 1. The Morgan fingerprint density at radius 2 is 1.91 bits per heavy atom. The van der Waals surface area contributed by atoms with Crippen molar-refractivity contribution in [2.24, 2.45) is 5.92 Å². The highest BCUT2D eigenvalue weighted by Crippen LogP contribution is 2.33. The largest absolute Gasteiger partial charge is 0.384 e. The third-order valence-corrected chi connectivity index (χ3v) is 4.49. The standard InChI is InChI=1S/C16H16Cl2FN3O/c17-14-9-21-15(19)6-12(14)13-5-11(8-22-16(13)18)20-7-10-1-3-23-4-2-10/h5-6,8-10,20H,1-4,7H2. The van der Waals surface area contributed by atoms with Gasteiger partial charge >= 0.3 is 0 Å².